The van der Waals surface area contributed by atoms with Crippen molar-refractivity contribution in [1.29, 1.82) is 0 Å². The molecule has 0 radical (unpaired) electrons. The number of hydrogen-bond donors (Lipinski definition) is 1. The van der Waals surface area contributed by atoms with Gasteiger partial charge in [-0.05, 0) is 19.4 Å². The molecule has 0 unspecified atom stereocenters. The fourth-order valence-electron chi connectivity index (χ4n) is 1.71. The zero-order valence-corrected chi connectivity index (χ0v) is 11.9. The van der Waals surface area contributed by atoms with Crippen molar-refractivity contribution in [1.82, 2.24) is 9.97 Å². The molecule has 1 N–H and O–H groups in total. The van der Waals surface area contributed by atoms with Crippen LogP contribution < -0.4 is 10.1 Å². The van der Waals surface area contributed by atoms with Gasteiger partial charge in [0.25, 0.3) is 0 Å². The van der Waals surface area contributed by atoms with Gasteiger partial charge < -0.3 is 10.1 Å². The number of nitrogens with zero attached hydrogens (tertiary/aromatic N) is 3. The lowest BCUT2D eigenvalue weighted by atomic mass is 10.3. The van der Waals surface area contributed by atoms with Gasteiger partial charge in [0.2, 0.25) is 17.6 Å². The minimum absolute atomic E-state index is 0.100. The van der Waals surface area contributed by atoms with Crippen molar-refractivity contribution >= 4 is 11.6 Å². The van der Waals surface area contributed by atoms with Gasteiger partial charge in [-0.3, -0.25) is 10.1 Å². The molecule has 2 rings (SSSR count). The Bertz CT molecular complexity index is 646. The molecule has 2 aromatic rings. The van der Waals surface area contributed by atoms with Crippen LogP contribution >= 0.6 is 0 Å². The first-order valence-corrected chi connectivity index (χ1v) is 6.61. The third-order valence-electron chi connectivity index (χ3n) is 2.64. The third-order valence-corrected chi connectivity index (χ3v) is 2.64. The van der Waals surface area contributed by atoms with Crippen LogP contribution in [0.5, 0.6) is 11.6 Å². The van der Waals surface area contributed by atoms with Crippen LogP contribution in [-0.4, -0.2) is 21.4 Å². The van der Waals surface area contributed by atoms with Crippen LogP contribution in [0.4, 0.5) is 11.6 Å². The number of ether oxygens (including phenoxy) is 1. The number of aryl methyl sites for hydroxylation is 1. The topological polar surface area (TPSA) is 90.2 Å². The van der Waals surface area contributed by atoms with Crippen molar-refractivity contribution < 1.29 is 9.66 Å². The molecule has 21 heavy (non-hydrogen) atoms. The molecule has 7 heteroatoms. The van der Waals surface area contributed by atoms with Gasteiger partial charge in [-0.25, -0.2) is 4.98 Å². The Morgan fingerprint density at radius 1 is 1.33 bits per heavy atom. The summed E-state index contributed by atoms with van der Waals surface area (Å²) in [5.41, 5.74) is 0.619. The first-order valence-electron chi connectivity index (χ1n) is 6.61. The summed E-state index contributed by atoms with van der Waals surface area (Å²) >= 11 is 0. The number of nitro groups is 1. The second-order valence-corrected chi connectivity index (χ2v) is 4.42. The van der Waals surface area contributed by atoms with E-state index >= 15 is 0 Å². The molecule has 7 nitrogen and oxygen atoms in total. The van der Waals surface area contributed by atoms with E-state index in [1.165, 1.54) is 12.1 Å². The maximum absolute atomic E-state index is 11.0. The van der Waals surface area contributed by atoms with Crippen molar-refractivity contribution in [2.45, 2.75) is 20.3 Å². The van der Waals surface area contributed by atoms with E-state index in [4.69, 9.17) is 4.74 Å². The van der Waals surface area contributed by atoms with Gasteiger partial charge in [0.05, 0.1) is 4.92 Å². The van der Waals surface area contributed by atoms with E-state index in [0.717, 1.165) is 18.7 Å². The fraction of sp³-hybridized carbons (Fsp3) is 0.286. The van der Waals surface area contributed by atoms with Gasteiger partial charge >= 0.3 is 5.69 Å². The monoisotopic (exact) mass is 288 g/mol. The third kappa shape index (κ3) is 3.88. The summed E-state index contributed by atoms with van der Waals surface area (Å²) < 4.78 is 5.54. The van der Waals surface area contributed by atoms with Crippen LogP contribution in [0, 0.1) is 17.0 Å². The molecular weight excluding hydrogens is 272 g/mol. The number of nitro benzene ring substituents is 1. The van der Waals surface area contributed by atoms with Gasteiger partial charge in [0.1, 0.15) is 0 Å². The minimum Gasteiger partial charge on any atom is -0.432 e. The average Bonchev–Trinajstić information content (AvgIpc) is 2.45. The molecule has 0 aliphatic rings. The molecule has 0 amide bonds. The summed E-state index contributed by atoms with van der Waals surface area (Å²) in [6.45, 7) is 4.59. The van der Waals surface area contributed by atoms with E-state index in [1.807, 2.05) is 13.8 Å². The summed E-state index contributed by atoms with van der Waals surface area (Å²) in [6, 6.07) is 7.82. The largest absolute Gasteiger partial charge is 0.432 e. The van der Waals surface area contributed by atoms with Crippen LogP contribution in [0.3, 0.4) is 0 Å². The number of hydrogen-bond acceptors (Lipinski definition) is 6. The molecule has 1 aromatic heterocycles. The molecule has 0 aliphatic heterocycles. The maximum Gasteiger partial charge on any atom is 0.311 e. The summed E-state index contributed by atoms with van der Waals surface area (Å²) in [5, 5.41) is 14.0. The molecule has 0 atom stereocenters. The SMILES string of the molecule is CCCNc1nc(C)cc(Oc2ccccc2[N+](=O)[O-])n1. The van der Waals surface area contributed by atoms with Gasteiger partial charge in [-0.2, -0.15) is 4.98 Å². The van der Waals surface area contributed by atoms with E-state index < -0.39 is 4.92 Å². The standard InChI is InChI=1S/C14H16N4O3/c1-3-8-15-14-16-10(2)9-13(17-14)21-12-7-5-4-6-11(12)18(19)20/h4-7,9H,3,8H2,1-2H3,(H,15,16,17). The van der Waals surface area contributed by atoms with Crippen molar-refractivity contribution in [2.75, 3.05) is 11.9 Å². The number of rotatable bonds is 6. The quantitative estimate of drug-likeness (QED) is 0.647. The lowest BCUT2D eigenvalue weighted by molar-refractivity contribution is -0.385. The Kier molecular flexibility index (Phi) is 4.65. The molecule has 110 valence electrons. The number of nitrogens with one attached hydrogen (secondary N) is 1. The fourth-order valence-corrected chi connectivity index (χ4v) is 1.71. The van der Waals surface area contributed by atoms with Crippen molar-refractivity contribution in [3.8, 4) is 11.6 Å². The lowest BCUT2D eigenvalue weighted by Gasteiger charge is -2.08. The Hall–Kier alpha value is -2.70. The van der Waals surface area contributed by atoms with Crippen LogP contribution in [0.2, 0.25) is 0 Å². The van der Waals surface area contributed by atoms with Gasteiger partial charge in [-0.15, -0.1) is 0 Å². The summed E-state index contributed by atoms with van der Waals surface area (Å²) in [6.07, 6.45) is 0.942. The highest BCUT2D eigenvalue weighted by molar-refractivity contribution is 5.47. The molecule has 1 aromatic carbocycles. The molecule has 0 saturated carbocycles. The molecular formula is C14H16N4O3. The van der Waals surface area contributed by atoms with Crippen LogP contribution in [-0.2, 0) is 0 Å². The van der Waals surface area contributed by atoms with E-state index in [0.29, 0.717) is 5.95 Å². The number of anilines is 1. The average molecular weight is 288 g/mol. The number of para-hydroxylation sites is 2. The van der Waals surface area contributed by atoms with Crippen LogP contribution in [0.15, 0.2) is 30.3 Å². The molecule has 0 spiro atoms. The minimum atomic E-state index is -0.486. The lowest BCUT2D eigenvalue weighted by Crippen LogP contribution is -2.06. The molecule has 0 aliphatic carbocycles. The highest BCUT2D eigenvalue weighted by Gasteiger charge is 2.15. The zero-order valence-electron chi connectivity index (χ0n) is 11.9. The van der Waals surface area contributed by atoms with Crippen molar-refractivity contribution in [2.24, 2.45) is 0 Å². The smallest absolute Gasteiger partial charge is 0.311 e. The van der Waals surface area contributed by atoms with Gasteiger partial charge in [0, 0.05) is 24.4 Å². The predicted molar refractivity (Wildman–Crippen MR) is 78.7 cm³/mol. The first-order chi connectivity index (χ1) is 10.1. The van der Waals surface area contributed by atoms with Crippen LogP contribution in [0.25, 0.3) is 0 Å². The Morgan fingerprint density at radius 3 is 2.81 bits per heavy atom. The molecule has 0 saturated heterocycles. The first kappa shape index (κ1) is 14.7. The summed E-state index contributed by atoms with van der Waals surface area (Å²) in [4.78, 5) is 18.9. The summed E-state index contributed by atoms with van der Waals surface area (Å²) in [7, 11) is 0. The van der Waals surface area contributed by atoms with Gasteiger partial charge in [0.15, 0.2) is 0 Å². The molecule has 0 fully saturated rings. The highest BCUT2D eigenvalue weighted by Crippen LogP contribution is 2.30. The zero-order chi connectivity index (χ0) is 15.2. The van der Waals surface area contributed by atoms with E-state index in [9.17, 15) is 10.1 Å². The van der Waals surface area contributed by atoms with E-state index in [2.05, 4.69) is 15.3 Å². The second-order valence-electron chi connectivity index (χ2n) is 4.42. The maximum atomic E-state index is 11.0. The van der Waals surface area contributed by atoms with Crippen LogP contribution in [0.1, 0.15) is 19.0 Å². The molecule has 0 bridgehead atoms. The highest BCUT2D eigenvalue weighted by atomic mass is 16.6. The number of aromatic nitrogens is 2. The van der Waals surface area contributed by atoms with Gasteiger partial charge in [-0.1, -0.05) is 19.1 Å². The van der Waals surface area contributed by atoms with E-state index in [1.54, 1.807) is 18.2 Å². The predicted octanol–water partition coefficient (Wildman–Crippen LogP) is 3.31. The Balaban J connectivity index is 2.27. The van der Waals surface area contributed by atoms with Crippen molar-refractivity contribution in [3.05, 3.63) is 46.1 Å². The molecule has 1 heterocycles. The second kappa shape index (κ2) is 6.65. The Labute approximate surface area is 122 Å². The van der Waals surface area contributed by atoms with Crippen molar-refractivity contribution in [3.63, 3.8) is 0 Å². The number of benzene rings is 1. The summed E-state index contributed by atoms with van der Waals surface area (Å²) in [5.74, 6) is 0.878. The van der Waals surface area contributed by atoms with E-state index in [-0.39, 0.29) is 17.3 Å². The normalized spacial score (nSPS) is 10.2. The Morgan fingerprint density at radius 2 is 2.10 bits per heavy atom.